The normalized spacial score (nSPS) is 27.6. The minimum absolute atomic E-state index is 0.0449. The zero-order valence-electron chi connectivity index (χ0n) is 23.2. The largest absolute Gasteiger partial charge is 0.469 e. The van der Waals surface area contributed by atoms with Gasteiger partial charge >= 0.3 is 11.9 Å². The first kappa shape index (κ1) is 30.3. The zero-order chi connectivity index (χ0) is 26.1. The van der Waals surface area contributed by atoms with Crippen molar-refractivity contribution in [2.75, 3.05) is 20.3 Å². The Morgan fingerprint density at radius 1 is 1.00 bits per heavy atom. The van der Waals surface area contributed by atoms with Gasteiger partial charge in [-0.25, -0.2) is 0 Å². The Morgan fingerprint density at radius 3 is 2.31 bits per heavy atom. The van der Waals surface area contributed by atoms with E-state index < -0.39 is 8.32 Å². The summed E-state index contributed by atoms with van der Waals surface area (Å²) in [4.78, 5) is 23.3. The van der Waals surface area contributed by atoms with Crippen LogP contribution < -0.4 is 0 Å². The van der Waals surface area contributed by atoms with E-state index in [0.717, 1.165) is 58.0 Å². The molecule has 2 fully saturated rings. The minimum atomic E-state index is -1.94. The predicted molar refractivity (Wildman–Crippen MR) is 138 cm³/mol. The molecule has 35 heavy (non-hydrogen) atoms. The van der Waals surface area contributed by atoms with Crippen LogP contribution in [-0.4, -0.2) is 59.1 Å². The molecular weight excluding hydrogens is 464 g/mol. The van der Waals surface area contributed by atoms with Gasteiger partial charge in [-0.3, -0.25) is 9.59 Å². The lowest BCUT2D eigenvalue weighted by atomic mass is 9.89. The molecule has 204 valence electrons. The Morgan fingerprint density at radius 2 is 1.71 bits per heavy atom. The quantitative estimate of drug-likeness (QED) is 0.169. The third-order valence-electron chi connectivity index (χ3n) is 8.09. The molecule has 0 bridgehead atoms. The first-order chi connectivity index (χ1) is 16.4. The van der Waals surface area contributed by atoms with Crippen LogP contribution in [0.1, 0.15) is 91.9 Å². The van der Waals surface area contributed by atoms with E-state index in [1.165, 1.54) is 14.0 Å². The topological polar surface area (TPSA) is 80.3 Å². The number of carbonyl (C=O) groups excluding carboxylic acids is 2. The molecule has 0 aromatic heterocycles. The van der Waals surface area contributed by atoms with E-state index in [0.29, 0.717) is 19.4 Å². The summed E-state index contributed by atoms with van der Waals surface area (Å²) < 4.78 is 29.7. The third kappa shape index (κ3) is 9.78. The van der Waals surface area contributed by atoms with Crippen molar-refractivity contribution in [3.8, 4) is 0 Å². The standard InChI is InChI=1S/C27H50O7Si/c1-20(28)33-23-18-24(34-26-16-12-13-17-31-26)22(19-32-35(6,7)27(2,3)4)21(23)14-10-8-9-11-15-25(29)30-5/h21-24,26H,8-19H2,1-7H3/t21?,22-,23+,24?,26?/m1/s1. The first-order valence-electron chi connectivity index (χ1n) is 13.6. The molecule has 1 heterocycles. The number of ether oxygens (including phenoxy) is 4. The average molecular weight is 515 g/mol. The van der Waals surface area contributed by atoms with Crippen LogP contribution in [0.5, 0.6) is 0 Å². The van der Waals surface area contributed by atoms with Crippen LogP contribution in [0.25, 0.3) is 0 Å². The van der Waals surface area contributed by atoms with Crippen LogP contribution in [0.15, 0.2) is 0 Å². The van der Waals surface area contributed by atoms with Crippen molar-refractivity contribution in [2.45, 2.75) is 129 Å². The van der Waals surface area contributed by atoms with Gasteiger partial charge < -0.3 is 23.4 Å². The molecule has 0 aromatic rings. The van der Waals surface area contributed by atoms with E-state index in [9.17, 15) is 9.59 Å². The molecule has 8 heteroatoms. The van der Waals surface area contributed by atoms with Crippen molar-refractivity contribution in [3.05, 3.63) is 0 Å². The first-order valence-corrected chi connectivity index (χ1v) is 16.5. The number of rotatable bonds is 13. The number of unbranched alkanes of at least 4 members (excludes halogenated alkanes) is 3. The fraction of sp³-hybridized carbons (Fsp3) is 0.926. The van der Waals surface area contributed by atoms with Crippen LogP contribution >= 0.6 is 0 Å². The van der Waals surface area contributed by atoms with E-state index in [1.54, 1.807) is 0 Å². The molecule has 5 atom stereocenters. The highest BCUT2D eigenvalue weighted by Gasteiger charge is 2.48. The van der Waals surface area contributed by atoms with Gasteiger partial charge in [-0.05, 0) is 50.2 Å². The summed E-state index contributed by atoms with van der Waals surface area (Å²) in [6.45, 7) is 14.2. The second-order valence-electron chi connectivity index (χ2n) is 11.8. The van der Waals surface area contributed by atoms with Gasteiger partial charge in [0.05, 0.1) is 13.2 Å². The van der Waals surface area contributed by atoms with E-state index >= 15 is 0 Å². The maximum absolute atomic E-state index is 11.9. The van der Waals surface area contributed by atoms with Gasteiger partial charge in [0.25, 0.3) is 0 Å². The van der Waals surface area contributed by atoms with Crippen LogP contribution in [0, 0.1) is 11.8 Å². The van der Waals surface area contributed by atoms with Gasteiger partial charge in [-0.2, -0.15) is 0 Å². The highest BCUT2D eigenvalue weighted by atomic mass is 28.4. The van der Waals surface area contributed by atoms with E-state index in [4.69, 9.17) is 23.4 Å². The van der Waals surface area contributed by atoms with E-state index in [1.807, 2.05) is 0 Å². The van der Waals surface area contributed by atoms with E-state index in [-0.39, 0.29) is 47.3 Å². The van der Waals surface area contributed by atoms with Gasteiger partial charge in [0.1, 0.15) is 6.10 Å². The maximum atomic E-state index is 11.9. The number of carbonyl (C=O) groups is 2. The molecule has 7 nitrogen and oxygen atoms in total. The summed E-state index contributed by atoms with van der Waals surface area (Å²) >= 11 is 0. The second-order valence-corrected chi connectivity index (χ2v) is 16.6. The molecule has 0 aromatic carbocycles. The molecule has 0 amide bonds. The molecule has 2 rings (SSSR count). The average Bonchev–Trinajstić information content (AvgIpc) is 3.09. The summed E-state index contributed by atoms with van der Waals surface area (Å²) in [5, 5.41) is 0.124. The Bertz CT molecular complexity index is 654. The Labute approximate surface area is 214 Å². The lowest BCUT2D eigenvalue weighted by molar-refractivity contribution is -0.198. The van der Waals surface area contributed by atoms with Crippen LogP contribution in [0.3, 0.4) is 0 Å². The Balaban J connectivity index is 2.08. The summed E-state index contributed by atoms with van der Waals surface area (Å²) in [7, 11) is -0.509. The van der Waals surface area contributed by atoms with Crippen molar-refractivity contribution in [1.82, 2.24) is 0 Å². The number of hydrogen-bond donors (Lipinski definition) is 0. The second kappa shape index (κ2) is 14.1. The van der Waals surface area contributed by atoms with Gasteiger partial charge in [-0.1, -0.05) is 40.0 Å². The molecule has 1 aliphatic heterocycles. The zero-order valence-corrected chi connectivity index (χ0v) is 24.2. The molecule has 0 N–H and O–H groups in total. The highest BCUT2D eigenvalue weighted by Crippen LogP contribution is 2.43. The molecule has 3 unspecified atom stereocenters. The van der Waals surface area contributed by atoms with Gasteiger partial charge in [-0.15, -0.1) is 0 Å². The van der Waals surface area contributed by atoms with Gasteiger partial charge in [0.15, 0.2) is 14.6 Å². The molecule has 1 aliphatic carbocycles. The van der Waals surface area contributed by atoms with E-state index in [2.05, 4.69) is 33.9 Å². The van der Waals surface area contributed by atoms with Crippen molar-refractivity contribution >= 4 is 20.3 Å². The summed E-state index contributed by atoms with van der Waals surface area (Å²) in [5.74, 6) is -0.0351. The number of hydrogen-bond acceptors (Lipinski definition) is 7. The maximum Gasteiger partial charge on any atom is 0.305 e. The summed E-state index contributed by atoms with van der Waals surface area (Å²) in [6, 6.07) is 0. The Kier molecular flexibility index (Phi) is 12.2. The molecule has 1 saturated heterocycles. The monoisotopic (exact) mass is 514 g/mol. The smallest absolute Gasteiger partial charge is 0.305 e. The highest BCUT2D eigenvalue weighted by molar-refractivity contribution is 6.74. The minimum Gasteiger partial charge on any atom is -0.469 e. The van der Waals surface area contributed by atoms with Crippen LogP contribution in [0.2, 0.25) is 18.1 Å². The predicted octanol–water partition coefficient (Wildman–Crippen LogP) is 6.00. The fourth-order valence-electron chi connectivity index (χ4n) is 4.91. The van der Waals surface area contributed by atoms with Crippen LogP contribution in [0.4, 0.5) is 0 Å². The van der Waals surface area contributed by atoms with Crippen molar-refractivity contribution in [2.24, 2.45) is 11.8 Å². The molecular formula is C27H50O7Si. The van der Waals surface area contributed by atoms with Gasteiger partial charge in [0.2, 0.25) is 0 Å². The SMILES string of the molecule is COC(=O)CCCCCCC1[C@@H](CO[Si](C)(C)C(C)(C)C)C(OC2CCCCO2)C[C@@H]1OC(C)=O. The summed E-state index contributed by atoms with van der Waals surface area (Å²) in [6.07, 6.45) is 8.72. The lowest BCUT2D eigenvalue weighted by Crippen LogP contribution is -2.44. The van der Waals surface area contributed by atoms with Crippen molar-refractivity contribution in [3.63, 3.8) is 0 Å². The van der Waals surface area contributed by atoms with Crippen molar-refractivity contribution in [1.29, 1.82) is 0 Å². The number of methoxy groups -OCH3 is 1. The molecule has 0 spiro atoms. The van der Waals surface area contributed by atoms with Crippen LogP contribution in [-0.2, 0) is 33.0 Å². The number of esters is 2. The third-order valence-corrected chi connectivity index (χ3v) is 12.6. The van der Waals surface area contributed by atoms with Gasteiger partial charge in [0, 0.05) is 44.8 Å². The lowest BCUT2D eigenvalue weighted by Gasteiger charge is -2.39. The molecule has 1 saturated carbocycles. The molecule has 0 radical (unpaired) electrons. The fourth-order valence-corrected chi connectivity index (χ4v) is 5.95. The molecule has 2 aliphatic rings. The van der Waals surface area contributed by atoms with Crippen molar-refractivity contribution < 1.29 is 33.0 Å². The Hall–Kier alpha value is -0.963. The summed E-state index contributed by atoms with van der Waals surface area (Å²) in [5.41, 5.74) is 0.